The van der Waals surface area contributed by atoms with Crippen molar-refractivity contribution >= 4 is 16.9 Å². The molecule has 2 aromatic rings. The van der Waals surface area contributed by atoms with Gasteiger partial charge in [0.2, 0.25) is 0 Å². The average Bonchev–Trinajstić information content (AvgIpc) is 2.75. The van der Waals surface area contributed by atoms with Gasteiger partial charge in [0.15, 0.2) is 6.61 Å². The molecule has 0 aliphatic carbocycles. The maximum Gasteiger partial charge on any atom is 0.311 e. The highest BCUT2D eigenvalue weighted by atomic mass is 16.5. The lowest BCUT2D eigenvalue weighted by Crippen LogP contribution is -2.07. The third-order valence-electron chi connectivity index (χ3n) is 2.97. The summed E-state index contributed by atoms with van der Waals surface area (Å²) < 4.78 is 10.2. The fourth-order valence-corrected chi connectivity index (χ4v) is 1.84. The van der Waals surface area contributed by atoms with E-state index in [0.29, 0.717) is 0 Å². The summed E-state index contributed by atoms with van der Waals surface area (Å²) in [6.45, 7) is 3.78. The molecule has 1 aromatic carbocycles. The van der Waals surface area contributed by atoms with Gasteiger partial charge < -0.3 is 9.15 Å². The van der Waals surface area contributed by atoms with E-state index in [-0.39, 0.29) is 13.0 Å². The van der Waals surface area contributed by atoms with Crippen LogP contribution in [-0.4, -0.2) is 12.6 Å². The second-order valence-electron chi connectivity index (χ2n) is 4.14. The van der Waals surface area contributed by atoms with Crippen molar-refractivity contribution in [3.05, 3.63) is 35.1 Å². The normalized spacial score (nSPS) is 10.3. The van der Waals surface area contributed by atoms with Crippen molar-refractivity contribution in [3.8, 4) is 6.07 Å². The SMILES string of the molecule is Cc1ccc2c(CC(=O)OCC#N)coc2c1C. The van der Waals surface area contributed by atoms with E-state index in [4.69, 9.17) is 14.4 Å². The van der Waals surface area contributed by atoms with E-state index in [1.165, 1.54) is 0 Å². The van der Waals surface area contributed by atoms with Crippen LogP contribution in [0.25, 0.3) is 11.0 Å². The molecule has 0 radical (unpaired) electrons. The lowest BCUT2D eigenvalue weighted by molar-refractivity contribution is -0.141. The molecular formula is C14H13NO3. The van der Waals surface area contributed by atoms with Crippen LogP contribution in [0.5, 0.6) is 0 Å². The van der Waals surface area contributed by atoms with Crippen LogP contribution >= 0.6 is 0 Å². The Kier molecular flexibility index (Phi) is 3.33. The Morgan fingerprint density at radius 3 is 2.94 bits per heavy atom. The van der Waals surface area contributed by atoms with Crippen molar-refractivity contribution < 1.29 is 13.9 Å². The van der Waals surface area contributed by atoms with Gasteiger partial charge in [0.1, 0.15) is 11.7 Å². The number of hydrogen-bond donors (Lipinski definition) is 0. The van der Waals surface area contributed by atoms with E-state index in [2.05, 4.69) is 0 Å². The molecule has 0 fully saturated rings. The molecule has 0 bridgehead atoms. The molecule has 0 N–H and O–H groups in total. The number of nitrogens with zero attached hydrogens (tertiary/aromatic N) is 1. The van der Waals surface area contributed by atoms with E-state index in [1.54, 1.807) is 12.3 Å². The molecule has 18 heavy (non-hydrogen) atoms. The zero-order valence-corrected chi connectivity index (χ0v) is 10.3. The molecule has 0 aliphatic rings. The van der Waals surface area contributed by atoms with E-state index in [0.717, 1.165) is 27.7 Å². The minimum absolute atomic E-state index is 0.122. The largest absolute Gasteiger partial charge is 0.464 e. The lowest BCUT2D eigenvalue weighted by atomic mass is 10.0. The summed E-state index contributed by atoms with van der Waals surface area (Å²) in [5, 5.41) is 9.26. The molecule has 0 aliphatic heterocycles. The monoisotopic (exact) mass is 243 g/mol. The summed E-state index contributed by atoms with van der Waals surface area (Å²) in [6, 6.07) is 5.70. The highest BCUT2D eigenvalue weighted by molar-refractivity contribution is 5.88. The van der Waals surface area contributed by atoms with Gasteiger partial charge in [-0.1, -0.05) is 12.1 Å². The van der Waals surface area contributed by atoms with Gasteiger partial charge in [-0.15, -0.1) is 0 Å². The van der Waals surface area contributed by atoms with Crippen LogP contribution in [0.4, 0.5) is 0 Å². The molecule has 1 heterocycles. The maximum absolute atomic E-state index is 11.4. The lowest BCUT2D eigenvalue weighted by Gasteiger charge is -2.01. The molecule has 2 rings (SSSR count). The summed E-state index contributed by atoms with van der Waals surface area (Å²) in [5.41, 5.74) is 3.81. The number of fused-ring (bicyclic) bond motifs is 1. The fourth-order valence-electron chi connectivity index (χ4n) is 1.84. The van der Waals surface area contributed by atoms with Crippen molar-refractivity contribution in [1.29, 1.82) is 5.26 Å². The molecule has 4 nitrogen and oxygen atoms in total. The highest BCUT2D eigenvalue weighted by Gasteiger charge is 2.13. The zero-order chi connectivity index (χ0) is 13.1. The number of carbonyl (C=O) groups excluding carboxylic acids is 1. The first kappa shape index (κ1) is 12.2. The second-order valence-corrected chi connectivity index (χ2v) is 4.14. The van der Waals surface area contributed by atoms with Crippen LogP contribution in [0, 0.1) is 25.2 Å². The van der Waals surface area contributed by atoms with Crippen molar-refractivity contribution in [1.82, 2.24) is 0 Å². The summed E-state index contributed by atoms with van der Waals surface area (Å²) in [6.07, 6.45) is 1.70. The topological polar surface area (TPSA) is 63.2 Å². The first-order valence-electron chi connectivity index (χ1n) is 5.62. The fraction of sp³-hybridized carbons (Fsp3) is 0.286. The van der Waals surface area contributed by atoms with Gasteiger partial charge in [0, 0.05) is 10.9 Å². The average molecular weight is 243 g/mol. The molecule has 0 atom stereocenters. The Morgan fingerprint density at radius 2 is 2.22 bits per heavy atom. The van der Waals surface area contributed by atoms with Crippen molar-refractivity contribution in [2.24, 2.45) is 0 Å². The second kappa shape index (κ2) is 4.92. The molecule has 1 aromatic heterocycles. The third kappa shape index (κ3) is 2.21. The van der Waals surface area contributed by atoms with Crippen LogP contribution in [-0.2, 0) is 16.0 Å². The summed E-state index contributed by atoms with van der Waals surface area (Å²) in [5.74, 6) is -0.419. The van der Waals surface area contributed by atoms with Crippen LogP contribution in [0.15, 0.2) is 22.8 Å². The summed E-state index contributed by atoms with van der Waals surface area (Å²) in [7, 11) is 0. The van der Waals surface area contributed by atoms with Crippen molar-refractivity contribution in [2.45, 2.75) is 20.3 Å². The van der Waals surface area contributed by atoms with E-state index in [9.17, 15) is 4.79 Å². The number of esters is 1. The first-order valence-corrected chi connectivity index (χ1v) is 5.62. The molecule has 0 spiro atoms. The molecule has 0 amide bonds. The van der Waals surface area contributed by atoms with Gasteiger partial charge in [-0.2, -0.15) is 5.26 Å². The quantitative estimate of drug-likeness (QED) is 0.777. The number of benzene rings is 1. The smallest absolute Gasteiger partial charge is 0.311 e. The molecule has 0 saturated carbocycles. The van der Waals surface area contributed by atoms with Gasteiger partial charge in [0.05, 0.1) is 12.7 Å². The Balaban J connectivity index is 2.28. The summed E-state index contributed by atoms with van der Waals surface area (Å²) >= 11 is 0. The Hall–Kier alpha value is -2.28. The zero-order valence-electron chi connectivity index (χ0n) is 10.3. The minimum atomic E-state index is -0.419. The van der Waals surface area contributed by atoms with Gasteiger partial charge in [0.25, 0.3) is 0 Å². The van der Waals surface area contributed by atoms with Crippen LogP contribution in [0.2, 0.25) is 0 Å². The van der Waals surface area contributed by atoms with E-state index < -0.39 is 5.97 Å². The Bertz CT molecular complexity index is 634. The predicted molar refractivity (Wildman–Crippen MR) is 66.0 cm³/mol. The standard InChI is InChI=1S/C14H13NO3/c1-9-3-4-12-11(7-13(16)17-6-5-15)8-18-14(12)10(9)2/h3-4,8H,6-7H2,1-2H3. The molecule has 0 saturated heterocycles. The molecule has 4 heteroatoms. The number of aryl methyl sites for hydroxylation is 2. The number of carbonyl (C=O) groups is 1. The predicted octanol–water partition coefficient (Wildman–Crippen LogP) is 2.66. The third-order valence-corrected chi connectivity index (χ3v) is 2.97. The Morgan fingerprint density at radius 1 is 1.44 bits per heavy atom. The molecule has 92 valence electrons. The van der Waals surface area contributed by atoms with Crippen molar-refractivity contribution in [2.75, 3.05) is 6.61 Å². The number of furan rings is 1. The number of rotatable bonds is 3. The summed E-state index contributed by atoms with van der Waals surface area (Å²) in [4.78, 5) is 11.4. The van der Waals surface area contributed by atoms with E-state index >= 15 is 0 Å². The van der Waals surface area contributed by atoms with Crippen molar-refractivity contribution in [3.63, 3.8) is 0 Å². The van der Waals surface area contributed by atoms with Gasteiger partial charge >= 0.3 is 5.97 Å². The number of nitriles is 1. The number of ether oxygens (including phenoxy) is 1. The minimum Gasteiger partial charge on any atom is -0.464 e. The van der Waals surface area contributed by atoms with E-state index in [1.807, 2.05) is 26.0 Å². The van der Waals surface area contributed by atoms with Gasteiger partial charge in [-0.25, -0.2) is 0 Å². The van der Waals surface area contributed by atoms with Gasteiger partial charge in [-0.05, 0) is 25.0 Å². The molecule has 0 unspecified atom stereocenters. The van der Waals surface area contributed by atoms with Crippen LogP contribution in [0.1, 0.15) is 16.7 Å². The van der Waals surface area contributed by atoms with Gasteiger partial charge in [-0.3, -0.25) is 4.79 Å². The highest BCUT2D eigenvalue weighted by Crippen LogP contribution is 2.26. The number of hydrogen-bond acceptors (Lipinski definition) is 4. The Labute approximate surface area is 105 Å². The molecular weight excluding hydrogens is 230 g/mol. The van der Waals surface area contributed by atoms with Crippen LogP contribution < -0.4 is 0 Å². The first-order chi connectivity index (χ1) is 8.63. The van der Waals surface area contributed by atoms with Crippen LogP contribution in [0.3, 0.4) is 0 Å². The maximum atomic E-state index is 11.4.